The first-order chi connectivity index (χ1) is 37.8. The third kappa shape index (κ3) is 19.8. The summed E-state index contributed by atoms with van der Waals surface area (Å²) in [5.41, 5.74) is 39.9. The maximum atomic E-state index is 11.7. The fraction of sp³-hybridized carbons (Fsp3) is 0.733. The lowest BCUT2D eigenvalue weighted by molar-refractivity contribution is -0.339. The van der Waals surface area contributed by atoms with Gasteiger partial charge >= 0.3 is 0 Å². The summed E-state index contributed by atoms with van der Waals surface area (Å²) in [6, 6.07) is 0. The van der Waals surface area contributed by atoms with Gasteiger partial charge in [0.05, 0.1) is 12.7 Å². The summed E-state index contributed by atoms with van der Waals surface area (Å²) in [6.07, 6.45) is -43.1. The Bertz CT molecular complexity index is 2020. The standard InChI is InChI=1S/C45H83N7O28/c1-2-15-72-38-36(65)37-23(16-52)79-45(38)78-22(8-14-51)29(58)34(63)43(70)76-20(6-12-49)27(56)32(61)41(68)74-18(4-10-47)25(54)30(59)39(66)73-17(3-9-46)24(53)31(60)40(67)75-19(5-11-48)26(55)33(62)42(69)77-21(7-13-50)28(57)35(64)44(71)80-37/h2,17-23,28,35-45,53-71H,1,3-16,46-52H2/b30-25+,31-24+,32-27+,33-26+,34-29+. The van der Waals surface area contributed by atoms with Gasteiger partial charge in [-0.15, -0.1) is 6.58 Å². The molecule has 19 atom stereocenters. The molecule has 33 N–H and O–H groups in total. The first kappa shape index (κ1) is 71.5. The predicted molar refractivity (Wildman–Crippen MR) is 269 cm³/mol. The monoisotopic (exact) mass is 1170 g/mol. The van der Waals surface area contributed by atoms with Gasteiger partial charge in [0.2, 0.25) is 31.5 Å². The molecular formula is C45H83N7O28. The molecule has 0 saturated carbocycles. The van der Waals surface area contributed by atoms with Crippen LogP contribution in [-0.2, 0) is 42.6 Å². The molecule has 3 rings (SSSR count). The molecule has 466 valence electrons. The van der Waals surface area contributed by atoms with Crippen LogP contribution in [0, 0.1) is 0 Å². The molecule has 0 aromatic heterocycles. The second kappa shape index (κ2) is 35.4. The van der Waals surface area contributed by atoms with Gasteiger partial charge in [-0.3, -0.25) is 0 Å². The van der Waals surface area contributed by atoms with Gasteiger partial charge in [-0.05, 0) is 77.8 Å². The van der Waals surface area contributed by atoms with E-state index in [1.807, 2.05) is 0 Å². The van der Waals surface area contributed by atoms with Crippen LogP contribution in [0.25, 0.3) is 0 Å². The van der Waals surface area contributed by atoms with Crippen molar-refractivity contribution in [2.45, 2.75) is 156 Å². The van der Waals surface area contributed by atoms with Crippen molar-refractivity contribution < 1.29 is 140 Å². The Balaban J connectivity index is 2.90. The molecule has 3 heterocycles. The van der Waals surface area contributed by atoms with Crippen LogP contribution in [-0.4, -0.2) is 267 Å². The lowest BCUT2D eigenvalue weighted by Gasteiger charge is -2.45. The Morgan fingerprint density at radius 1 is 0.362 bits per heavy atom. The van der Waals surface area contributed by atoms with Gasteiger partial charge in [0.15, 0.2) is 70.2 Å². The lowest BCUT2D eigenvalue weighted by Crippen LogP contribution is -2.63. The fourth-order valence-corrected chi connectivity index (χ4v) is 7.66. The molecule has 3 aliphatic rings. The number of fused-ring (bicyclic) bond motifs is 27. The Morgan fingerprint density at radius 3 is 0.975 bits per heavy atom. The molecule has 0 aromatic rings. The SMILES string of the molecule is C=CCOC1C2OC(CCN)/C(O)=C(\O)C(O)OC(CCN)/C(O)=C(\O)C(O)OC(CCN)/C(O)=C(\O)C(O)OC(CCN)/C(O)=C(\O)C(O)OC(CCN)/C(O)=C(\O)C(O)OC(CCN)C(O)C(O)C(O)OC(C(CN)O2)C1O. The minimum atomic E-state index is -2.71. The van der Waals surface area contributed by atoms with E-state index in [1.54, 1.807) is 0 Å². The largest absolute Gasteiger partial charge is 0.506 e. The van der Waals surface area contributed by atoms with Crippen molar-refractivity contribution >= 4 is 0 Å². The minimum absolute atomic E-state index is 0.327. The molecule has 0 aliphatic carbocycles. The highest BCUT2D eigenvalue weighted by molar-refractivity contribution is 5.14. The summed E-state index contributed by atoms with van der Waals surface area (Å²) in [4.78, 5) is 0. The van der Waals surface area contributed by atoms with Crippen LogP contribution >= 0.6 is 0 Å². The molecule has 0 spiro atoms. The fourth-order valence-electron chi connectivity index (χ4n) is 7.66. The number of aliphatic hydroxyl groups is 19. The Labute approximate surface area is 457 Å². The van der Waals surface area contributed by atoms with Crippen molar-refractivity contribution in [2.24, 2.45) is 40.1 Å². The van der Waals surface area contributed by atoms with Crippen molar-refractivity contribution in [1.82, 2.24) is 0 Å². The summed E-state index contributed by atoms with van der Waals surface area (Å²) in [6.45, 7) is 0.222. The first-order valence-corrected chi connectivity index (χ1v) is 24.9. The number of nitrogens with two attached hydrogens (primary N) is 7. The van der Waals surface area contributed by atoms with Crippen LogP contribution in [0.4, 0.5) is 0 Å². The van der Waals surface area contributed by atoms with Crippen LogP contribution in [0.1, 0.15) is 38.5 Å². The van der Waals surface area contributed by atoms with E-state index >= 15 is 0 Å². The molecule has 0 aromatic carbocycles. The smallest absolute Gasteiger partial charge is 0.218 e. The second-order valence-corrected chi connectivity index (χ2v) is 17.7. The third-order valence-corrected chi connectivity index (χ3v) is 12.0. The van der Waals surface area contributed by atoms with Gasteiger partial charge in [0.1, 0.15) is 67.1 Å². The number of hydrogen-bond donors (Lipinski definition) is 26. The van der Waals surface area contributed by atoms with E-state index in [2.05, 4.69) is 6.58 Å². The molecule has 1 saturated heterocycles. The van der Waals surface area contributed by atoms with E-state index in [4.69, 9.17) is 82.8 Å². The van der Waals surface area contributed by atoms with E-state index in [-0.39, 0.29) is 19.7 Å². The minimum Gasteiger partial charge on any atom is -0.506 e. The molecule has 35 heteroatoms. The molecule has 3 aliphatic heterocycles. The summed E-state index contributed by atoms with van der Waals surface area (Å²) in [7, 11) is 0. The molecule has 80 heavy (non-hydrogen) atoms. The first-order valence-electron chi connectivity index (χ1n) is 24.9. The van der Waals surface area contributed by atoms with E-state index < -0.39 is 246 Å². The molecule has 0 amide bonds. The average Bonchev–Trinajstić information content (AvgIpc) is 3.43. The average molecular weight is 1170 g/mol. The van der Waals surface area contributed by atoms with E-state index in [9.17, 15) is 97.0 Å². The van der Waals surface area contributed by atoms with Gasteiger partial charge in [-0.25, -0.2) is 0 Å². The number of hydrogen-bond acceptors (Lipinski definition) is 35. The zero-order chi connectivity index (χ0) is 60.7. The Morgan fingerprint density at radius 2 is 0.675 bits per heavy atom. The summed E-state index contributed by atoms with van der Waals surface area (Å²) < 4.78 is 49.3. The number of aliphatic hydroxyl groups excluding tert-OH is 19. The van der Waals surface area contributed by atoms with Crippen molar-refractivity contribution in [3.8, 4) is 0 Å². The van der Waals surface area contributed by atoms with E-state index in [1.165, 1.54) is 6.08 Å². The predicted octanol–water partition coefficient (Wildman–Crippen LogP) is -6.32. The van der Waals surface area contributed by atoms with Crippen molar-refractivity contribution in [3.63, 3.8) is 0 Å². The van der Waals surface area contributed by atoms with Gasteiger partial charge in [0.25, 0.3) is 0 Å². The molecular weight excluding hydrogens is 1090 g/mol. The van der Waals surface area contributed by atoms with Crippen LogP contribution in [0.5, 0.6) is 0 Å². The normalized spacial score (nSPS) is 40.3. The maximum absolute atomic E-state index is 11.7. The van der Waals surface area contributed by atoms with Crippen LogP contribution in [0.3, 0.4) is 0 Å². The molecule has 35 nitrogen and oxygen atoms in total. The van der Waals surface area contributed by atoms with Gasteiger partial charge in [0, 0.05) is 6.54 Å². The maximum Gasteiger partial charge on any atom is 0.218 e. The van der Waals surface area contributed by atoms with Gasteiger partial charge < -0.3 is 180 Å². The third-order valence-electron chi connectivity index (χ3n) is 12.0. The molecule has 19 unspecified atom stereocenters. The highest BCUT2D eigenvalue weighted by Gasteiger charge is 2.50. The van der Waals surface area contributed by atoms with Crippen molar-refractivity contribution in [1.29, 1.82) is 0 Å². The quantitative estimate of drug-likeness (QED) is 0.0639. The zero-order valence-corrected chi connectivity index (χ0v) is 43.4. The highest BCUT2D eigenvalue weighted by Crippen LogP contribution is 2.32. The number of ether oxygens (including phenoxy) is 9. The summed E-state index contributed by atoms with van der Waals surface area (Å²) in [5, 5.41) is 209. The number of rotatable bonds is 16. The Hall–Kier alpha value is -4.56. The van der Waals surface area contributed by atoms with Crippen LogP contribution < -0.4 is 40.1 Å². The van der Waals surface area contributed by atoms with E-state index in [0.717, 1.165) is 0 Å². The van der Waals surface area contributed by atoms with Crippen LogP contribution in [0.2, 0.25) is 0 Å². The van der Waals surface area contributed by atoms with Crippen LogP contribution in [0.15, 0.2) is 70.2 Å². The topological polar surface area (TPSA) is 650 Å². The zero-order valence-electron chi connectivity index (χ0n) is 43.4. The lowest BCUT2D eigenvalue weighted by atomic mass is 9.97. The highest BCUT2D eigenvalue weighted by atomic mass is 16.7. The summed E-state index contributed by atoms with van der Waals surface area (Å²) in [5.74, 6) is -14.2. The van der Waals surface area contributed by atoms with Crippen molar-refractivity contribution in [3.05, 3.63) is 70.2 Å². The van der Waals surface area contributed by atoms with Gasteiger partial charge in [-0.1, -0.05) is 6.08 Å². The Kier molecular flexibility index (Phi) is 31.7. The second-order valence-electron chi connectivity index (χ2n) is 17.7. The molecule has 1 fully saturated rings. The van der Waals surface area contributed by atoms with Crippen molar-refractivity contribution in [2.75, 3.05) is 52.4 Å². The van der Waals surface area contributed by atoms with E-state index in [0.29, 0.717) is 0 Å². The summed E-state index contributed by atoms with van der Waals surface area (Å²) >= 11 is 0. The van der Waals surface area contributed by atoms with Gasteiger partial charge in [-0.2, -0.15) is 0 Å². The molecule has 2 bridgehead atoms. The molecule has 0 radical (unpaired) electrons.